The van der Waals surface area contributed by atoms with Crippen LogP contribution in [0.4, 0.5) is 0 Å². The molecule has 4 atom stereocenters. The molecule has 1 aromatic carbocycles. The fourth-order valence-electron chi connectivity index (χ4n) is 4.93. The highest BCUT2D eigenvalue weighted by Gasteiger charge is 2.61. The molecule has 154 valence electrons. The van der Waals surface area contributed by atoms with Crippen molar-refractivity contribution in [1.82, 2.24) is 4.90 Å². The first kappa shape index (κ1) is 20.4. The Kier molecular flexibility index (Phi) is 5.79. The van der Waals surface area contributed by atoms with E-state index < -0.39 is 5.72 Å². The molecule has 1 aromatic rings. The van der Waals surface area contributed by atoms with E-state index in [4.69, 9.17) is 9.47 Å². The summed E-state index contributed by atoms with van der Waals surface area (Å²) in [7, 11) is 3.17. The van der Waals surface area contributed by atoms with E-state index in [1.807, 2.05) is 25.1 Å². The Hall–Kier alpha value is -2.35. The van der Waals surface area contributed by atoms with E-state index >= 15 is 0 Å². The Balaban J connectivity index is 1.65. The second-order valence-corrected chi connectivity index (χ2v) is 7.89. The van der Waals surface area contributed by atoms with Crippen LogP contribution < -0.4 is 9.47 Å². The van der Waals surface area contributed by atoms with Crippen molar-refractivity contribution in [2.45, 2.75) is 38.3 Å². The van der Waals surface area contributed by atoms with Crippen LogP contribution in [0.3, 0.4) is 0 Å². The molecule has 2 unspecified atom stereocenters. The van der Waals surface area contributed by atoms with Gasteiger partial charge in [0.25, 0.3) is 0 Å². The molecule has 1 saturated carbocycles. The highest BCUT2D eigenvalue weighted by atomic mass is 16.6. The number of hydrogen-bond donors (Lipinski definition) is 1. The van der Waals surface area contributed by atoms with Crippen molar-refractivity contribution in [1.29, 1.82) is 0 Å². The van der Waals surface area contributed by atoms with E-state index in [0.29, 0.717) is 30.9 Å². The Morgan fingerprint density at radius 1 is 1.32 bits per heavy atom. The molecule has 1 saturated heterocycles. The number of carbonyl (C=O) groups is 1. The van der Waals surface area contributed by atoms with Gasteiger partial charge in [-0.05, 0) is 42.9 Å². The normalized spacial score (nSPS) is 29.1. The van der Waals surface area contributed by atoms with Crippen LogP contribution in [-0.2, 0) is 11.2 Å². The maximum absolute atomic E-state index is 12.5. The van der Waals surface area contributed by atoms with Gasteiger partial charge in [-0.15, -0.1) is 0 Å². The van der Waals surface area contributed by atoms with Gasteiger partial charge < -0.3 is 19.5 Å². The van der Waals surface area contributed by atoms with Crippen LogP contribution in [0.15, 0.2) is 18.2 Å². The second-order valence-electron chi connectivity index (χ2n) is 7.89. The molecule has 1 N–H and O–H groups in total. The molecule has 1 aliphatic heterocycles. The topological polar surface area (TPSA) is 102 Å². The number of hydrogen-bond acceptors (Lipinski definition) is 6. The molecule has 1 amide bonds. The summed E-state index contributed by atoms with van der Waals surface area (Å²) in [6, 6.07) is 5.71. The predicted octanol–water partition coefficient (Wildman–Crippen LogP) is 2.11. The van der Waals surface area contributed by atoms with Crippen molar-refractivity contribution < 1.29 is 24.3 Å². The summed E-state index contributed by atoms with van der Waals surface area (Å²) >= 11 is 0. The minimum atomic E-state index is -1.26. The predicted molar refractivity (Wildman–Crippen MR) is 102 cm³/mol. The van der Waals surface area contributed by atoms with Gasteiger partial charge in [-0.2, -0.15) is 0 Å². The monoisotopic (exact) mass is 392 g/mol. The number of fused-ring (bicyclic) bond motifs is 1. The van der Waals surface area contributed by atoms with Gasteiger partial charge in [-0.3, -0.25) is 14.9 Å². The van der Waals surface area contributed by atoms with Gasteiger partial charge in [0, 0.05) is 29.7 Å². The lowest BCUT2D eigenvalue weighted by Gasteiger charge is -2.34. The minimum absolute atomic E-state index is 0.0156. The quantitative estimate of drug-likeness (QED) is 0.537. The summed E-state index contributed by atoms with van der Waals surface area (Å²) in [5, 5.41) is 22.2. The number of carbonyl (C=O) groups excluding carboxylic acids is 1. The van der Waals surface area contributed by atoms with Crippen molar-refractivity contribution in [2.75, 3.05) is 27.3 Å². The van der Waals surface area contributed by atoms with Crippen LogP contribution >= 0.6 is 0 Å². The van der Waals surface area contributed by atoms with Crippen molar-refractivity contribution in [3.8, 4) is 11.5 Å². The zero-order valence-electron chi connectivity index (χ0n) is 16.6. The van der Waals surface area contributed by atoms with Gasteiger partial charge in [0.05, 0.1) is 14.2 Å². The summed E-state index contributed by atoms with van der Waals surface area (Å²) in [6.45, 7) is 2.16. The molecule has 2 fully saturated rings. The third kappa shape index (κ3) is 3.65. The first-order valence-electron chi connectivity index (χ1n) is 9.65. The van der Waals surface area contributed by atoms with Gasteiger partial charge in [-0.1, -0.05) is 13.0 Å². The van der Waals surface area contributed by atoms with Crippen LogP contribution in [0.25, 0.3) is 0 Å². The Morgan fingerprint density at radius 2 is 2.04 bits per heavy atom. The highest BCUT2D eigenvalue weighted by Crippen LogP contribution is 2.52. The molecule has 1 aliphatic carbocycles. The number of ether oxygens (including phenoxy) is 2. The number of nitro groups is 1. The number of likely N-dealkylation sites (tertiary alicyclic amines) is 1. The third-order valence-corrected chi connectivity index (χ3v) is 6.28. The van der Waals surface area contributed by atoms with E-state index in [2.05, 4.69) is 0 Å². The number of benzene rings is 1. The molecule has 0 radical (unpaired) electrons. The number of amides is 1. The van der Waals surface area contributed by atoms with Gasteiger partial charge in [-0.25, -0.2) is 0 Å². The Morgan fingerprint density at radius 3 is 2.68 bits per heavy atom. The molecule has 3 rings (SSSR count). The van der Waals surface area contributed by atoms with E-state index in [0.717, 1.165) is 12.0 Å². The lowest BCUT2D eigenvalue weighted by molar-refractivity contribution is -0.491. The van der Waals surface area contributed by atoms with Crippen LogP contribution in [0, 0.1) is 27.9 Å². The van der Waals surface area contributed by atoms with Gasteiger partial charge in [0.15, 0.2) is 11.5 Å². The summed E-state index contributed by atoms with van der Waals surface area (Å²) in [6.07, 6.45) is 2.00. The molecule has 1 heterocycles. The van der Waals surface area contributed by atoms with Gasteiger partial charge >= 0.3 is 0 Å². The molecular formula is C20H28N2O6. The van der Waals surface area contributed by atoms with Gasteiger partial charge in [0.1, 0.15) is 5.72 Å². The zero-order chi connectivity index (χ0) is 20.5. The average Bonchev–Trinajstić information content (AvgIpc) is 3.02. The number of nitrogens with zero attached hydrogens (tertiary/aromatic N) is 2. The first-order valence-corrected chi connectivity index (χ1v) is 9.65. The fourth-order valence-corrected chi connectivity index (χ4v) is 4.93. The summed E-state index contributed by atoms with van der Waals surface area (Å²) in [5.74, 6) is 0.598. The first-order chi connectivity index (χ1) is 13.3. The second kappa shape index (κ2) is 7.95. The lowest BCUT2D eigenvalue weighted by atomic mass is 9.88. The molecule has 8 nitrogen and oxygen atoms in total. The summed E-state index contributed by atoms with van der Waals surface area (Å²) in [4.78, 5) is 24.7. The molecule has 8 heteroatoms. The lowest BCUT2D eigenvalue weighted by Crippen LogP contribution is -2.48. The minimum Gasteiger partial charge on any atom is -0.493 e. The van der Waals surface area contributed by atoms with E-state index in [1.54, 1.807) is 19.1 Å². The molecule has 0 spiro atoms. The van der Waals surface area contributed by atoms with Crippen molar-refractivity contribution in [3.63, 3.8) is 0 Å². The number of methoxy groups -OCH3 is 2. The molecule has 0 aromatic heterocycles. The Bertz CT molecular complexity index is 754. The Labute approximate surface area is 164 Å². The van der Waals surface area contributed by atoms with Crippen molar-refractivity contribution in [2.24, 2.45) is 17.8 Å². The number of aryl methyl sites for hydroxylation is 1. The SMILES string of the molecule is COc1ccc(CCCN2C(=O)CC3[C@H](C[N+](=O)[O-])[C@@H](C)CC32O)cc1OC. The van der Waals surface area contributed by atoms with Crippen LogP contribution in [0.5, 0.6) is 11.5 Å². The summed E-state index contributed by atoms with van der Waals surface area (Å²) < 4.78 is 10.6. The van der Waals surface area contributed by atoms with Crippen molar-refractivity contribution >= 4 is 5.91 Å². The number of aliphatic hydroxyl groups is 1. The molecule has 2 aliphatic rings. The number of rotatable bonds is 8. The molecule has 28 heavy (non-hydrogen) atoms. The molecular weight excluding hydrogens is 364 g/mol. The van der Waals surface area contributed by atoms with E-state index in [-0.39, 0.29) is 41.5 Å². The highest BCUT2D eigenvalue weighted by molar-refractivity contribution is 5.80. The van der Waals surface area contributed by atoms with E-state index in [9.17, 15) is 20.0 Å². The average molecular weight is 392 g/mol. The smallest absolute Gasteiger partial charge is 0.225 e. The van der Waals surface area contributed by atoms with Crippen molar-refractivity contribution in [3.05, 3.63) is 33.9 Å². The van der Waals surface area contributed by atoms with Gasteiger partial charge in [0.2, 0.25) is 12.5 Å². The van der Waals surface area contributed by atoms with Crippen LogP contribution in [0.1, 0.15) is 31.7 Å². The standard InChI is InChI=1S/C20H28N2O6/c1-13-11-20(24)16(15(13)12-22(25)26)10-19(23)21(20)8-4-5-14-6-7-17(27-2)18(9-14)28-3/h6-7,9,13,15-16,24H,4-5,8,10-12H2,1-3H3/t13-,15+,16?,20?/m0/s1. The maximum Gasteiger partial charge on any atom is 0.225 e. The summed E-state index contributed by atoms with van der Waals surface area (Å²) in [5.41, 5.74) is -0.201. The molecule has 0 bridgehead atoms. The van der Waals surface area contributed by atoms with E-state index in [1.165, 1.54) is 0 Å². The maximum atomic E-state index is 12.5. The fraction of sp³-hybridized carbons (Fsp3) is 0.650. The van der Waals surface area contributed by atoms with Crippen LogP contribution in [0.2, 0.25) is 0 Å². The largest absolute Gasteiger partial charge is 0.493 e. The third-order valence-electron chi connectivity index (χ3n) is 6.28. The zero-order valence-corrected chi connectivity index (χ0v) is 16.6. The van der Waals surface area contributed by atoms with Crippen LogP contribution in [-0.4, -0.2) is 53.9 Å².